The minimum Gasteiger partial charge on any atom is -0.338 e. The SMILES string of the molecule is CN1CCN(c2ncc(NC(=O)Cc3cccc4ccccc34)cn2)CC1. The summed E-state index contributed by atoms with van der Waals surface area (Å²) in [6.45, 7) is 3.85. The van der Waals surface area contributed by atoms with Crippen molar-refractivity contribution in [1.82, 2.24) is 14.9 Å². The van der Waals surface area contributed by atoms with Crippen LogP contribution in [0.3, 0.4) is 0 Å². The zero-order chi connectivity index (χ0) is 18.6. The van der Waals surface area contributed by atoms with Gasteiger partial charge in [0.15, 0.2) is 0 Å². The number of carbonyl (C=O) groups is 1. The van der Waals surface area contributed by atoms with Crippen LogP contribution >= 0.6 is 0 Å². The van der Waals surface area contributed by atoms with Gasteiger partial charge in [-0.05, 0) is 23.4 Å². The third-order valence-electron chi connectivity index (χ3n) is 4.94. The quantitative estimate of drug-likeness (QED) is 0.774. The Morgan fingerprint density at radius 1 is 1.00 bits per heavy atom. The van der Waals surface area contributed by atoms with Crippen LogP contribution in [0, 0.1) is 0 Å². The Morgan fingerprint density at radius 2 is 1.70 bits per heavy atom. The first-order chi connectivity index (χ1) is 13.2. The maximum atomic E-state index is 12.5. The second kappa shape index (κ2) is 7.72. The molecule has 3 aromatic rings. The Kier molecular flexibility index (Phi) is 4.98. The number of rotatable bonds is 4. The van der Waals surface area contributed by atoms with E-state index >= 15 is 0 Å². The zero-order valence-electron chi connectivity index (χ0n) is 15.4. The number of nitrogens with one attached hydrogen (secondary N) is 1. The molecule has 2 heterocycles. The normalized spacial score (nSPS) is 15.1. The Morgan fingerprint density at radius 3 is 2.48 bits per heavy atom. The average molecular weight is 361 g/mol. The van der Waals surface area contributed by atoms with Crippen molar-refractivity contribution in [3.8, 4) is 0 Å². The van der Waals surface area contributed by atoms with Gasteiger partial charge in [-0.15, -0.1) is 0 Å². The van der Waals surface area contributed by atoms with Crippen molar-refractivity contribution < 1.29 is 4.79 Å². The number of fused-ring (bicyclic) bond motifs is 1. The highest BCUT2D eigenvalue weighted by Gasteiger charge is 2.16. The van der Waals surface area contributed by atoms with Gasteiger partial charge in [-0.3, -0.25) is 4.79 Å². The molecule has 138 valence electrons. The van der Waals surface area contributed by atoms with Gasteiger partial charge in [-0.1, -0.05) is 42.5 Å². The van der Waals surface area contributed by atoms with Crippen molar-refractivity contribution in [3.63, 3.8) is 0 Å². The summed E-state index contributed by atoms with van der Waals surface area (Å²) in [5.41, 5.74) is 1.64. The predicted octanol–water partition coefficient (Wildman–Crippen LogP) is 2.56. The second-order valence-corrected chi connectivity index (χ2v) is 6.93. The third kappa shape index (κ3) is 4.06. The lowest BCUT2D eigenvalue weighted by molar-refractivity contribution is -0.115. The van der Waals surface area contributed by atoms with Crippen molar-refractivity contribution in [3.05, 3.63) is 60.4 Å². The molecule has 0 aliphatic carbocycles. The van der Waals surface area contributed by atoms with E-state index in [9.17, 15) is 4.79 Å². The fraction of sp³-hybridized carbons (Fsp3) is 0.286. The van der Waals surface area contributed by atoms with Gasteiger partial charge in [0, 0.05) is 26.2 Å². The molecular weight excluding hydrogens is 338 g/mol. The van der Waals surface area contributed by atoms with Crippen LogP contribution in [0.1, 0.15) is 5.56 Å². The highest BCUT2D eigenvalue weighted by atomic mass is 16.1. The first kappa shape index (κ1) is 17.4. The first-order valence-electron chi connectivity index (χ1n) is 9.21. The summed E-state index contributed by atoms with van der Waals surface area (Å²) < 4.78 is 0. The topological polar surface area (TPSA) is 61.4 Å². The minimum absolute atomic E-state index is 0.0673. The molecule has 1 aliphatic heterocycles. The molecule has 0 saturated carbocycles. The van der Waals surface area contributed by atoms with Gasteiger partial charge >= 0.3 is 0 Å². The third-order valence-corrected chi connectivity index (χ3v) is 4.94. The molecule has 1 saturated heterocycles. The van der Waals surface area contributed by atoms with Gasteiger partial charge in [-0.25, -0.2) is 9.97 Å². The summed E-state index contributed by atoms with van der Waals surface area (Å²) >= 11 is 0. The smallest absolute Gasteiger partial charge is 0.228 e. The number of likely N-dealkylation sites (N-methyl/N-ethyl adjacent to an activating group) is 1. The Labute approximate surface area is 158 Å². The number of carbonyl (C=O) groups excluding carboxylic acids is 1. The lowest BCUT2D eigenvalue weighted by Crippen LogP contribution is -2.45. The second-order valence-electron chi connectivity index (χ2n) is 6.93. The number of hydrogen-bond donors (Lipinski definition) is 1. The number of piperazine rings is 1. The molecule has 6 nitrogen and oxygen atoms in total. The molecule has 0 bridgehead atoms. The molecule has 0 unspecified atom stereocenters. The van der Waals surface area contributed by atoms with Crippen LogP contribution in [0.15, 0.2) is 54.9 Å². The number of hydrogen-bond acceptors (Lipinski definition) is 5. The highest BCUT2D eigenvalue weighted by Crippen LogP contribution is 2.19. The number of amides is 1. The number of anilines is 2. The van der Waals surface area contributed by atoms with Gasteiger partial charge in [0.05, 0.1) is 24.5 Å². The molecule has 1 fully saturated rings. The van der Waals surface area contributed by atoms with E-state index < -0.39 is 0 Å². The molecule has 27 heavy (non-hydrogen) atoms. The summed E-state index contributed by atoms with van der Waals surface area (Å²) in [4.78, 5) is 25.8. The Balaban J connectivity index is 1.41. The molecule has 0 radical (unpaired) electrons. The maximum Gasteiger partial charge on any atom is 0.228 e. The van der Waals surface area contributed by atoms with E-state index in [0.717, 1.165) is 48.5 Å². The first-order valence-corrected chi connectivity index (χ1v) is 9.21. The van der Waals surface area contributed by atoms with Crippen molar-refractivity contribution in [2.24, 2.45) is 0 Å². The lowest BCUT2D eigenvalue weighted by Gasteiger charge is -2.32. The molecule has 0 atom stereocenters. The van der Waals surface area contributed by atoms with Gasteiger partial charge < -0.3 is 15.1 Å². The molecule has 1 N–H and O–H groups in total. The molecule has 1 aliphatic rings. The van der Waals surface area contributed by atoms with Crippen LogP contribution in [-0.2, 0) is 11.2 Å². The summed E-state index contributed by atoms with van der Waals surface area (Å²) in [6, 6.07) is 14.1. The van der Waals surface area contributed by atoms with E-state index in [1.165, 1.54) is 0 Å². The molecule has 1 amide bonds. The zero-order valence-corrected chi connectivity index (χ0v) is 15.4. The van der Waals surface area contributed by atoms with E-state index in [2.05, 4.69) is 44.3 Å². The van der Waals surface area contributed by atoms with Crippen LogP contribution in [0.4, 0.5) is 11.6 Å². The standard InChI is InChI=1S/C21H23N5O/c1-25-9-11-26(12-10-25)21-22-14-18(15-23-21)24-20(27)13-17-7-4-6-16-5-2-3-8-19(16)17/h2-8,14-15H,9-13H2,1H3,(H,24,27). The van der Waals surface area contributed by atoms with Crippen LogP contribution < -0.4 is 10.2 Å². The minimum atomic E-state index is -0.0673. The highest BCUT2D eigenvalue weighted by molar-refractivity contribution is 5.96. The van der Waals surface area contributed by atoms with Crippen LogP contribution in [0.2, 0.25) is 0 Å². The maximum absolute atomic E-state index is 12.5. The molecule has 4 rings (SSSR count). The summed E-state index contributed by atoms with van der Waals surface area (Å²) in [5.74, 6) is 0.650. The van der Waals surface area contributed by atoms with Crippen LogP contribution in [-0.4, -0.2) is 54.0 Å². The number of benzene rings is 2. The fourth-order valence-electron chi connectivity index (χ4n) is 3.38. The van der Waals surface area contributed by atoms with E-state index in [0.29, 0.717) is 12.1 Å². The number of nitrogens with zero attached hydrogens (tertiary/aromatic N) is 4. The van der Waals surface area contributed by atoms with Gasteiger partial charge in [0.1, 0.15) is 0 Å². The van der Waals surface area contributed by atoms with E-state index in [1.807, 2.05) is 30.3 Å². The van der Waals surface area contributed by atoms with Crippen LogP contribution in [0.5, 0.6) is 0 Å². The molecule has 0 spiro atoms. The molecule has 1 aromatic heterocycles. The van der Waals surface area contributed by atoms with Crippen LogP contribution in [0.25, 0.3) is 10.8 Å². The fourth-order valence-corrected chi connectivity index (χ4v) is 3.38. The monoisotopic (exact) mass is 361 g/mol. The lowest BCUT2D eigenvalue weighted by atomic mass is 10.0. The van der Waals surface area contributed by atoms with Gasteiger partial charge in [0.25, 0.3) is 0 Å². The predicted molar refractivity (Wildman–Crippen MR) is 108 cm³/mol. The van der Waals surface area contributed by atoms with Crippen molar-refractivity contribution in [1.29, 1.82) is 0 Å². The summed E-state index contributed by atoms with van der Waals surface area (Å²) in [5, 5.41) is 5.15. The van der Waals surface area contributed by atoms with Crippen molar-refractivity contribution in [2.45, 2.75) is 6.42 Å². The largest absolute Gasteiger partial charge is 0.338 e. The van der Waals surface area contributed by atoms with Gasteiger partial charge in [0.2, 0.25) is 11.9 Å². The molecule has 6 heteroatoms. The summed E-state index contributed by atoms with van der Waals surface area (Å²) in [7, 11) is 2.12. The Hall–Kier alpha value is -2.99. The summed E-state index contributed by atoms with van der Waals surface area (Å²) in [6.07, 6.45) is 3.69. The van der Waals surface area contributed by atoms with E-state index in [1.54, 1.807) is 12.4 Å². The molecular formula is C21H23N5O. The van der Waals surface area contributed by atoms with E-state index in [4.69, 9.17) is 0 Å². The van der Waals surface area contributed by atoms with E-state index in [-0.39, 0.29) is 5.91 Å². The molecule has 2 aromatic carbocycles. The number of aromatic nitrogens is 2. The van der Waals surface area contributed by atoms with Gasteiger partial charge in [-0.2, -0.15) is 0 Å². The van der Waals surface area contributed by atoms with Crippen molar-refractivity contribution in [2.75, 3.05) is 43.4 Å². The van der Waals surface area contributed by atoms with Crippen molar-refractivity contribution >= 4 is 28.3 Å². The Bertz CT molecular complexity index is 927. The average Bonchev–Trinajstić information content (AvgIpc) is 2.69.